The molecule has 0 bridgehead atoms. The van der Waals surface area contributed by atoms with E-state index in [1.54, 1.807) is 20.8 Å². The van der Waals surface area contributed by atoms with Crippen molar-refractivity contribution in [1.82, 2.24) is 0 Å². The summed E-state index contributed by atoms with van der Waals surface area (Å²) in [5.74, 6) is 2.58. The van der Waals surface area contributed by atoms with E-state index in [0.29, 0.717) is 19.6 Å². The van der Waals surface area contributed by atoms with Gasteiger partial charge in [-0.05, 0) is 0 Å². The summed E-state index contributed by atoms with van der Waals surface area (Å²) < 4.78 is 33.8. The van der Waals surface area contributed by atoms with Crippen LogP contribution in [0.2, 0.25) is 11.5 Å². The monoisotopic (exact) mass is 460 g/mol. The molecule has 0 spiro atoms. The Morgan fingerprint density at radius 2 is 1.27 bits per heavy atom. The number of rotatable bonds is 0. The molecule has 0 aromatic heterocycles. The molecule has 0 aromatic rings. The third-order valence-corrected chi connectivity index (χ3v) is 3.53. The average molecular weight is 460 g/mol. The molecule has 0 fully saturated rings. The molecule has 1 aliphatic carbocycles. The predicted molar refractivity (Wildman–Crippen MR) is 89.7 cm³/mol. The van der Waals surface area contributed by atoms with Crippen molar-refractivity contribution in [3.05, 3.63) is 41.5 Å². The van der Waals surface area contributed by atoms with Crippen molar-refractivity contribution in [3.63, 3.8) is 0 Å². The zero-order chi connectivity index (χ0) is 17.7. The van der Waals surface area contributed by atoms with Gasteiger partial charge in [-0.1, -0.05) is 20.8 Å². The number of hydrogen-bond acceptors (Lipinski definition) is 0. The van der Waals surface area contributed by atoms with Crippen LogP contribution in [0.3, 0.4) is 0 Å². The quantitative estimate of drug-likeness (QED) is 0.300. The fraction of sp³-hybridized carbons (Fsp3) is 0.714. The van der Waals surface area contributed by atoms with Gasteiger partial charge in [0, 0.05) is 0 Å². The Morgan fingerprint density at radius 1 is 1.00 bits per heavy atom. The van der Waals surface area contributed by atoms with Gasteiger partial charge in [-0.2, -0.15) is 25.7 Å². The van der Waals surface area contributed by atoms with E-state index in [1.165, 1.54) is 11.5 Å². The maximum atomic E-state index is 11.3. The standard InChI is InChI=1S/C5H5.C3H6F3Ge.3C2H6N.Zr/c1-2-4-5-3-1;1-7(2)3(4,5)6;3*1-2-3;/h1-3H,4H2;1-2H3;3*3H,2H2,1H3;/q-1;;3*-1;+4. The second kappa shape index (κ2) is 29.6. The first-order chi connectivity index (χ1) is 9.69. The molecule has 0 amide bonds. The Morgan fingerprint density at radius 3 is 1.32 bits per heavy atom. The first-order valence-corrected chi connectivity index (χ1v) is 12.0. The number of hydrogen-bond donors (Lipinski definition) is 0. The van der Waals surface area contributed by atoms with Crippen LogP contribution in [-0.2, 0) is 26.2 Å². The van der Waals surface area contributed by atoms with Crippen molar-refractivity contribution in [1.29, 1.82) is 0 Å². The van der Waals surface area contributed by atoms with E-state index in [0.717, 1.165) is 6.42 Å². The van der Waals surface area contributed by atoms with Gasteiger partial charge in [-0.3, -0.25) is 6.08 Å². The van der Waals surface area contributed by atoms with Gasteiger partial charge in [0.25, 0.3) is 0 Å². The molecule has 129 valence electrons. The van der Waals surface area contributed by atoms with Gasteiger partial charge >= 0.3 is 70.2 Å². The van der Waals surface area contributed by atoms with E-state index in [4.69, 9.17) is 17.2 Å². The van der Waals surface area contributed by atoms with Gasteiger partial charge < -0.3 is 17.2 Å². The van der Waals surface area contributed by atoms with Crippen LogP contribution in [0.5, 0.6) is 0 Å². The van der Waals surface area contributed by atoms with Crippen LogP contribution < -0.4 is 0 Å². The molecule has 22 heavy (non-hydrogen) atoms. The second-order valence-corrected chi connectivity index (χ2v) is 8.95. The largest absolute Gasteiger partial charge is 4.00 e. The molecular weight excluding hydrogens is 431 g/mol. The molecule has 0 aliphatic heterocycles. The normalized spacial score (nSPS) is 10.5. The van der Waals surface area contributed by atoms with E-state index < -0.39 is 19.4 Å². The molecule has 8 heteroatoms. The van der Waals surface area contributed by atoms with Gasteiger partial charge in [0.15, 0.2) is 0 Å². The molecule has 0 saturated carbocycles. The average Bonchev–Trinajstić information content (AvgIpc) is 2.89. The summed E-state index contributed by atoms with van der Waals surface area (Å²) in [7, 11) is 0. The first-order valence-electron chi connectivity index (χ1n) is 6.72. The summed E-state index contributed by atoms with van der Waals surface area (Å²) in [6, 6.07) is 0. The van der Waals surface area contributed by atoms with Crippen LogP contribution in [-0.4, -0.2) is 39.0 Å². The summed E-state index contributed by atoms with van der Waals surface area (Å²) in [5, 5.41) is -3.83. The predicted octanol–water partition coefficient (Wildman–Crippen LogP) is 6.32. The Hall–Kier alpha value is 0.576. The molecule has 0 unspecified atom stereocenters. The fourth-order valence-electron chi connectivity index (χ4n) is 0.340. The van der Waals surface area contributed by atoms with E-state index in [9.17, 15) is 13.2 Å². The van der Waals surface area contributed by atoms with E-state index in [-0.39, 0.29) is 26.2 Å². The van der Waals surface area contributed by atoms with Crippen molar-refractivity contribution in [2.45, 2.75) is 43.7 Å². The van der Waals surface area contributed by atoms with E-state index >= 15 is 0 Å². The van der Waals surface area contributed by atoms with Crippen LogP contribution in [0.4, 0.5) is 13.2 Å². The van der Waals surface area contributed by atoms with Crippen molar-refractivity contribution >= 4 is 14.3 Å². The molecule has 0 heterocycles. The summed E-state index contributed by atoms with van der Waals surface area (Å²) in [6.45, 7) is 6.88. The zero-order valence-corrected chi connectivity index (χ0v) is 18.8. The van der Waals surface area contributed by atoms with Gasteiger partial charge in [-0.25, -0.2) is 12.2 Å². The molecular formula is C14H29F3GeN3Zr. The van der Waals surface area contributed by atoms with Gasteiger partial charge in [0.1, 0.15) is 0 Å². The molecule has 3 nitrogen and oxygen atoms in total. The van der Waals surface area contributed by atoms with Crippen LogP contribution in [0, 0.1) is 6.08 Å². The van der Waals surface area contributed by atoms with Crippen LogP contribution in [0.25, 0.3) is 17.2 Å². The molecule has 0 aromatic carbocycles. The summed E-state index contributed by atoms with van der Waals surface area (Å²) in [6.07, 6.45) is 10.0. The SMILES string of the molecule is CC[NH-].CC[NH-].CC[NH-].[C-]1=CC=CC1.[CH3][Ge]([CH3])[C](F)(F)F.[Zr+4]. The van der Waals surface area contributed by atoms with Crippen LogP contribution in [0.1, 0.15) is 27.2 Å². The zero-order valence-electron chi connectivity index (χ0n) is 14.2. The smallest absolute Gasteiger partial charge is 4.00 e. The maximum Gasteiger partial charge on any atom is 4.00 e. The summed E-state index contributed by atoms with van der Waals surface area (Å²) >= 11 is -2.59. The molecule has 0 atom stereocenters. The summed E-state index contributed by atoms with van der Waals surface area (Å²) in [5.41, 5.74) is 18.6. The molecule has 1 rings (SSSR count). The van der Waals surface area contributed by atoms with Gasteiger partial charge in [0.05, 0.1) is 0 Å². The maximum absolute atomic E-state index is 11.3. The Balaban J connectivity index is -0.0000000572. The van der Waals surface area contributed by atoms with Crippen molar-refractivity contribution < 1.29 is 39.4 Å². The summed E-state index contributed by atoms with van der Waals surface area (Å²) in [4.78, 5) is 0. The van der Waals surface area contributed by atoms with Crippen LogP contribution in [0.15, 0.2) is 18.2 Å². The number of alkyl halides is 3. The number of halogens is 3. The topological polar surface area (TPSA) is 71.4 Å². The minimum atomic E-state index is -3.83. The Bertz CT molecular complexity index is 209. The molecule has 3 N–H and O–H groups in total. The second-order valence-electron chi connectivity index (χ2n) is 3.56. The van der Waals surface area contributed by atoms with Crippen LogP contribution >= 0.6 is 0 Å². The molecule has 0 saturated heterocycles. The minimum Gasteiger partial charge on any atom is 4.00 e. The number of nitrogens with one attached hydrogen (secondary N) is 3. The Labute approximate surface area is 158 Å². The number of allylic oxidation sites excluding steroid dienone is 4. The fourth-order valence-corrected chi connectivity index (χ4v) is 0.340. The van der Waals surface area contributed by atoms with Crippen molar-refractivity contribution in [3.8, 4) is 0 Å². The van der Waals surface area contributed by atoms with E-state index in [2.05, 4.69) is 12.2 Å². The van der Waals surface area contributed by atoms with Crippen molar-refractivity contribution in [2.24, 2.45) is 0 Å². The Kier molecular flexibility index (Phi) is 45.7. The van der Waals surface area contributed by atoms with E-state index in [1.807, 2.05) is 12.2 Å². The third kappa shape index (κ3) is 58.8. The first kappa shape index (κ1) is 34.0. The van der Waals surface area contributed by atoms with Gasteiger partial charge in [0.2, 0.25) is 0 Å². The van der Waals surface area contributed by atoms with Crippen molar-refractivity contribution in [2.75, 3.05) is 19.6 Å². The third-order valence-electron chi connectivity index (χ3n) is 1.15. The minimum absolute atomic E-state index is 0. The van der Waals surface area contributed by atoms with Gasteiger partial charge in [-0.15, -0.1) is 6.42 Å². The molecule has 1 radical (unpaired) electrons. The molecule has 1 aliphatic rings.